The molecule has 0 amide bonds. The van der Waals surface area contributed by atoms with Gasteiger partial charge in [-0.05, 0) is 19.4 Å². The molecule has 0 aliphatic carbocycles. The van der Waals surface area contributed by atoms with E-state index in [-0.39, 0.29) is 0 Å². The van der Waals surface area contributed by atoms with Crippen molar-refractivity contribution in [1.29, 1.82) is 0 Å². The topological polar surface area (TPSA) is 52.0 Å². The fraction of sp³-hybridized carbons (Fsp3) is 0.467. The molecule has 1 N–H and O–H groups in total. The molecule has 20 heavy (non-hydrogen) atoms. The van der Waals surface area contributed by atoms with Crippen LogP contribution in [0.3, 0.4) is 0 Å². The van der Waals surface area contributed by atoms with Crippen LogP contribution in [0.2, 0.25) is 0 Å². The van der Waals surface area contributed by atoms with Gasteiger partial charge in [-0.15, -0.1) is 5.10 Å². The van der Waals surface area contributed by atoms with Crippen molar-refractivity contribution in [2.24, 2.45) is 0 Å². The number of aromatic nitrogens is 3. The summed E-state index contributed by atoms with van der Waals surface area (Å²) in [4.78, 5) is 0. The predicted octanol–water partition coefficient (Wildman–Crippen LogP) is 1.68. The number of methoxy groups -OCH3 is 1. The van der Waals surface area contributed by atoms with Gasteiger partial charge in [0.2, 0.25) is 0 Å². The molecule has 0 aliphatic rings. The molecule has 0 atom stereocenters. The molecule has 0 radical (unpaired) electrons. The summed E-state index contributed by atoms with van der Waals surface area (Å²) in [6.45, 7) is 7.23. The van der Waals surface area contributed by atoms with Gasteiger partial charge in [0, 0.05) is 20.2 Å². The SMILES string of the molecule is COCCNCc1cn(Cc2cc(C)cc(C)c2)nn1. The Morgan fingerprint density at radius 1 is 1.20 bits per heavy atom. The van der Waals surface area contributed by atoms with Crippen LogP contribution in [0.4, 0.5) is 0 Å². The van der Waals surface area contributed by atoms with Crippen LogP contribution in [0.5, 0.6) is 0 Å². The van der Waals surface area contributed by atoms with Crippen molar-refractivity contribution < 1.29 is 4.74 Å². The Balaban J connectivity index is 1.92. The zero-order valence-electron chi connectivity index (χ0n) is 12.4. The summed E-state index contributed by atoms with van der Waals surface area (Å²) in [7, 11) is 1.70. The van der Waals surface area contributed by atoms with E-state index in [0.29, 0.717) is 6.61 Å². The second kappa shape index (κ2) is 7.17. The number of nitrogens with one attached hydrogen (secondary N) is 1. The standard InChI is InChI=1S/C15H22N4O/c1-12-6-13(2)8-14(7-12)10-19-11-15(17-18-19)9-16-4-5-20-3/h6-8,11,16H,4-5,9-10H2,1-3H3. The molecule has 1 heterocycles. The maximum absolute atomic E-state index is 4.98. The highest BCUT2D eigenvalue weighted by atomic mass is 16.5. The quantitative estimate of drug-likeness (QED) is 0.781. The van der Waals surface area contributed by atoms with Gasteiger partial charge in [-0.1, -0.05) is 34.5 Å². The third kappa shape index (κ3) is 4.43. The first-order valence-electron chi connectivity index (χ1n) is 6.83. The van der Waals surface area contributed by atoms with Crippen LogP contribution >= 0.6 is 0 Å². The number of ether oxygens (including phenoxy) is 1. The first kappa shape index (κ1) is 14.7. The molecule has 2 aromatic rings. The zero-order valence-corrected chi connectivity index (χ0v) is 12.4. The third-order valence-electron chi connectivity index (χ3n) is 3.00. The fourth-order valence-corrected chi connectivity index (χ4v) is 2.23. The van der Waals surface area contributed by atoms with Crippen LogP contribution in [0.25, 0.3) is 0 Å². The molecule has 0 aliphatic heterocycles. The van der Waals surface area contributed by atoms with E-state index in [9.17, 15) is 0 Å². The van der Waals surface area contributed by atoms with Crippen molar-refractivity contribution in [3.05, 3.63) is 46.8 Å². The second-order valence-corrected chi connectivity index (χ2v) is 5.07. The highest BCUT2D eigenvalue weighted by molar-refractivity contribution is 5.28. The van der Waals surface area contributed by atoms with E-state index in [2.05, 4.69) is 47.7 Å². The molecule has 0 fully saturated rings. The first-order valence-corrected chi connectivity index (χ1v) is 6.83. The minimum absolute atomic E-state index is 0.705. The Morgan fingerprint density at radius 3 is 2.65 bits per heavy atom. The summed E-state index contributed by atoms with van der Waals surface area (Å²) in [6, 6.07) is 6.55. The van der Waals surface area contributed by atoms with Crippen LogP contribution in [0.1, 0.15) is 22.4 Å². The van der Waals surface area contributed by atoms with Crippen LogP contribution in [0, 0.1) is 13.8 Å². The van der Waals surface area contributed by atoms with Gasteiger partial charge in [-0.2, -0.15) is 0 Å². The normalized spacial score (nSPS) is 10.9. The predicted molar refractivity (Wildman–Crippen MR) is 78.6 cm³/mol. The van der Waals surface area contributed by atoms with Crippen molar-refractivity contribution in [2.45, 2.75) is 26.9 Å². The van der Waals surface area contributed by atoms with Crippen molar-refractivity contribution in [1.82, 2.24) is 20.3 Å². The van der Waals surface area contributed by atoms with Gasteiger partial charge in [0.1, 0.15) is 0 Å². The van der Waals surface area contributed by atoms with E-state index >= 15 is 0 Å². The summed E-state index contributed by atoms with van der Waals surface area (Å²) >= 11 is 0. The molecular weight excluding hydrogens is 252 g/mol. The van der Waals surface area contributed by atoms with Gasteiger partial charge in [-0.25, -0.2) is 4.68 Å². The van der Waals surface area contributed by atoms with Crippen LogP contribution in [-0.4, -0.2) is 35.3 Å². The lowest BCUT2D eigenvalue weighted by Crippen LogP contribution is -2.18. The van der Waals surface area contributed by atoms with Crippen molar-refractivity contribution in [2.75, 3.05) is 20.3 Å². The average Bonchev–Trinajstić information content (AvgIpc) is 2.81. The van der Waals surface area contributed by atoms with E-state index in [0.717, 1.165) is 25.3 Å². The first-order chi connectivity index (χ1) is 9.67. The average molecular weight is 274 g/mol. The zero-order chi connectivity index (χ0) is 14.4. The molecule has 0 bridgehead atoms. The van der Waals surface area contributed by atoms with Crippen LogP contribution in [-0.2, 0) is 17.8 Å². The number of benzene rings is 1. The molecule has 0 spiro atoms. The smallest absolute Gasteiger partial charge is 0.0964 e. The summed E-state index contributed by atoms with van der Waals surface area (Å²) in [5.74, 6) is 0. The Morgan fingerprint density at radius 2 is 1.95 bits per heavy atom. The Hall–Kier alpha value is -1.72. The molecular formula is C15H22N4O. The maximum atomic E-state index is 4.98. The van der Waals surface area contributed by atoms with E-state index in [1.807, 2.05) is 10.9 Å². The Labute approximate surface area is 120 Å². The largest absolute Gasteiger partial charge is 0.383 e. The van der Waals surface area contributed by atoms with E-state index in [1.54, 1.807) is 7.11 Å². The molecule has 0 saturated heterocycles. The fourth-order valence-electron chi connectivity index (χ4n) is 2.23. The highest BCUT2D eigenvalue weighted by Gasteiger charge is 2.02. The van der Waals surface area contributed by atoms with Crippen molar-refractivity contribution >= 4 is 0 Å². The summed E-state index contributed by atoms with van der Waals surface area (Å²) < 4.78 is 6.86. The second-order valence-electron chi connectivity index (χ2n) is 5.07. The van der Waals surface area contributed by atoms with E-state index < -0.39 is 0 Å². The summed E-state index contributed by atoms with van der Waals surface area (Å²) in [6.07, 6.45) is 1.98. The van der Waals surface area contributed by atoms with Gasteiger partial charge in [0.05, 0.1) is 25.0 Å². The lowest BCUT2D eigenvalue weighted by Gasteiger charge is -2.04. The van der Waals surface area contributed by atoms with Gasteiger partial charge in [0.25, 0.3) is 0 Å². The summed E-state index contributed by atoms with van der Waals surface area (Å²) in [5.41, 5.74) is 4.76. The monoisotopic (exact) mass is 274 g/mol. The highest BCUT2D eigenvalue weighted by Crippen LogP contribution is 2.10. The minimum atomic E-state index is 0.705. The van der Waals surface area contributed by atoms with Gasteiger partial charge >= 0.3 is 0 Å². The number of nitrogens with zero attached hydrogens (tertiary/aromatic N) is 3. The number of hydrogen-bond acceptors (Lipinski definition) is 4. The molecule has 108 valence electrons. The van der Waals surface area contributed by atoms with Crippen molar-refractivity contribution in [3.63, 3.8) is 0 Å². The minimum Gasteiger partial charge on any atom is -0.383 e. The molecule has 5 heteroatoms. The van der Waals surface area contributed by atoms with Gasteiger partial charge in [0.15, 0.2) is 0 Å². The summed E-state index contributed by atoms with van der Waals surface area (Å²) in [5, 5.41) is 11.6. The van der Waals surface area contributed by atoms with E-state index in [4.69, 9.17) is 4.74 Å². The van der Waals surface area contributed by atoms with Crippen LogP contribution < -0.4 is 5.32 Å². The van der Waals surface area contributed by atoms with Crippen molar-refractivity contribution in [3.8, 4) is 0 Å². The molecule has 1 aromatic carbocycles. The van der Waals surface area contributed by atoms with Gasteiger partial charge in [-0.3, -0.25) is 0 Å². The number of aryl methyl sites for hydroxylation is 2. The molecule has 0 saturated carbocycles. The molecule has 2 rings (SSSR count). The molecule has 1 aromatic heterocycles. The lowest BCUT2D eigenvalue weighted by atomic mass is 10.1. The third-order valence-corrected chi connectivity index (χ3v) is 3.00. The van der Waals surface area contributed by atoms with Crippen LogP contribution in [0.15, 0.2) is 24.4 Å². The Kier molecular flexibility index (Phi) is 5.26. The number of hydrogen-bond donors (Lipinski definition) is 1. The molecule has 5 nitrogen and oxygen atoms in total. The van der Waals surface area contributed by atoms with E-state index in [1.165, 1.54) is 16.7 Å². The molecule has 0 unspecified atom stereocenters. The lowest BCUT2D eigenvalue weighted by molar-refractivity contribution is 0.199. The van der Waals surface area contributed by atoms with Gasteiger partial charge < -0.3 is 10.1 Å². The Bertz CT molecular complexity index is 530. The number of rotatable bonds is 7. The maximum Gasteiger partial charge on any atom is 0.0964 e.